The predicted octanol–water partition coefficient (Wildman–Crippen LogP) is 1.84. The summed E-state index contributed by atoms with van der Waals surface area (Å²) in [5.41, 5.74) is 0. The predicted molar refractivity (Wildman–Crippen MR) is 118 cm³/mol. The Morgan fingerprint density at radius 3 is 2.56 bits per heavy atom. The number of piperidine rings is 1. The van der Waals surface area contributed by atoms with Crippen LogP contribution in [0, 0.1) is 12.8 Å². The van der Waals surface area contributed by atoms with E-state index in [9.17, 15) is 4.79 Å². The van der Waals surface area contributed by atoms with Gasteiger partial charge in [-0.15, -0.1) is 34.2 Å². The number of hydrogen-bond acceptors (Lipinski definition) is 4. The van der Waals surface area contributed by atoms with Gasteiger partial charge in [-0.3, -0.25) is 4.79 Å². The number of carbonyl (C=O) groups excluding carboxylic acids is 1. The smallest absolute Gasteiger partial charge is 0.220 e. The van der Waals surface area contributed by atoms with E-state index in [1.54, 1.807) is 7.05 Å². The maximum Gasteiger partial charge on any atom is 0.220 e. The zero-order valence-corrected chi connectivity index (χ0v) is 19.3. The van der Waals surface area contributed by atoms with Crippen LogP contribution in [-0.2, 0) is 18.4 Å². The first-order chi connectivity index (χ1) is 12.5. The zero-order valence-electron chi connectivity index (χ0n) is 17.0. The van der Waals surface area contributed by atoms with Gasteiger partial charge in [0.2, 0.25) is 5.91 Å². The van der Waals surface area contributed by atoms with Crippen LogP contribution in [0.4, 0.5) is 0 Å². The molecular formula is C18H34IN7O. The number of aliphatic imine (C=N–C) groups is 1. The molecule has 0 saturated carbocycles. The monoisotopic (exact) mass is 491 g/mol. The summed E-state index contributed by atoms with van der Waals surface area (Å²) in [5.74, 6) is 3.30. The number of unbranched alkanes of at least 4 members (excludes halogenated alkanes) is 1. The third kappa shape index (κ3) is 7.27. The van der Waals surface area contributed by atoms with Crippen molar-refractivity contribution < 1.29 is 4.79 Å². The topological polar surface area (TPSA) is 87.4 Å². The lowest BCUT2D eigenvalue weighted by Crippen LogP contribution is -2.46. The lowest BCUT2D eigenvalue weighted by Gasteiger charge is -2.34. The molecule has 1 aromatic heterocycles. The summed E-state index contributed by atoms with van der Waals surface area (Å²) in [6, 6.07) is 0. The van der Waals surface area contributed by atoms with E-state index in [4.69, 9.17) is 4.99 Å². The molecule has 1 aromatic rings. The van der Waals surface area contributed by atoms with Crippen molar-refractivity contribution in [2.75, 3.05) is 26.7 Å². The van der Waals surface area contributed by atoms with Crippen LogP contribution in [0.15, 0.2) is 4.99 Å². The van der Waals surface area contributed by atoms with Crippen LogP contribution >= 0.6 is 24.0 Å². The Labute approximate surface area is 179 Å². The van der Waals surface area contributed by atoms with Crippen LogP contribution in [0.25, 0.3) is 0 Å². The molecule has 0 bridgehead atoms. The highest BCUT2D eigenvalue weighted by Gasteiger charge is 2.23. The second kappa shape index (κ2) is 12.1. The Hall–Kier alpha value is -1.39. The second-order valence-electron chi connectivity index (χ2n) is 6.95. The van der Waals surface area contributed by atoms with Crippen molar-refractivity contribution in [2.24, 2.45) is 18.0 Å². The number of carbonyl (C=O) groups is 1. The third-order valence-electron chi connectivity index (χ3n) is 5.03. The molecule has 0 aliphatic carbocycles. The molecule has 1 saturated heterocycles. The van der Waals surface area contributed by atoms with Gasteiger partial charge < -0.3 is 20.1 Å². The van der Waals surface area contributed by atoms with E-state index < -0.39 is 0 Å². The second-order valence-corrected chi connectivity index (χ2v) is 6.95. The number of guanidine groups is 1. The lowest BCUT2D eigenvalue weighted by molar-refractivity contribution is -0.121. The molecule has 2 rings (SSSR count). The summed E-state index contributed by atoms with van der Waals surface area (Å²) >= 11 is 0. The van der Waals surface area contributed by atoms with Gasteiger partial charge in [0.05, 0.1) is 0 Å². The van der Waals surface area contributed by atoms with Gasteiger partial charge in [0, 0.05) is 40.2 Å². The van der Waals surface area contributed by atoms with Gasteiger partial charge in [-0.1, -0.05) is 13.3 Å². The standard InChI is InChI=1S/C18H33N7O.HI/c1-5-6-9-20-18(21-13-16-23-22-14(2)24(16)4)25-10-7-15(8-11-25)12-17(26)19-3;/h15H,5-13H2,1-4H3,(H,19,26)(H,20,21);1H. The third-order valence-corrected chi connectivity index (χ3v) is 5.03. The number of halogens is 1. The molecular weight excluding hydrogens is 457 g/mol. The van der Waals surface area contributed by atoms with Crippen molar-refractivity contribution in [1.82, 2.24) is 30.3 Å². The van der Waals surface area contributed by atoms with Gasteiger partial charge in [-0.25, -0.2) is 4.99 Å². The normalized spacial score (nSPS) is 15.4. The average molecular weight is 491 g/mol. The van der Waals surface area contributed by atoms with Gasteiger partial charge in [-0.05, 0) is 32.1 Å². The fourth-order valence-electron chi connectivity index (χ4n) is 3.09. The zero-order chi connectivity index (χ0) is 18.9. The van der Waals surface area contributed by atoms with Crippen LogP contribution in [0.1, 0.15) is 50.7 Å². The Bertz CT molecular complexity index is 609. The fourth-order valence-corrected chi connectivity index (χ4v) is 3.09. The van der Waals surface area contributed by atoms with Crippen LogP contribution in [0.5, 0.6) is 0 Å². The van der Waals surface area contributed by atoms with E-state index in [0.29, 0.717) is 18.9 Å². The van der Waals surface area contributed by atoms with Crippen LogP contribution in [0.2, 0.25) is 0 Å². The van der Waals surface area contributed by atoms with Crippen molar-refractivity contribution in [3.05, 3.63) is 11.6 Å². The Morgan fingerprint density at radius 1 is 1.30 bits per heavy atom. The first-order valence-electron chi connectivity index (χ1n) is 9.63. The van der Waals surface area contributed by atoms with Gasteiger partial charge in [-0.2, -0.15) is 0 Å². The molecule has 0 radical (unpaired) electrons. The molecule has 1 amide bonds. The molecule has 1 aliphatic heterocycles. The Balaban J connectivity index is 0.00000364. The first-order valence-corrected chi connectivity index (χ1v) is 9.63. The van der Waals surface area contributed by atoms with Crippen LogP contribution in [0.3, 0.4) is 0 Å². The quantitative estimate of drug-likeness (QED) is 0.263. The molecule has 2 N–H and O–H groups in total. The van der Waals surface area contributed by atoms with Crippen LogP contribution < -0.4 is 10.6 Å². The molecule has 27 heavy (non-hydrogen) atoms. The summed E-state index contributed by atoms with van der Waals surface area (Å²) in [7, 11) is 3.67. The lowest BCUT2D eigenvalue weighted by atomic mass is 9.93. The minimum atomic E-state index is 0. The minimum absolute atomic E-state index is 0. The first kappa shape index (κ1) is 23.6. The number of amides is 1. The molecule has 0 spiro atoms. The Morgan fingerprint density at radius 2 is 2.00 bits per heavy atom. The molecule has 0 unspecified atom stereocenters. The molecule has 1 fully saturated rings. The number of aromatic nitrogens is 3. The number of nitrogens with zero attached hydrogens (tertiary/aromatic N) is 5. The number of likely N-dealkylation sites (tertiary alicyclic amines) is 1. The van der Waals surface area contributed by atoms with Gasteiger partial charge in [0.15, 0.2) is 11.8 Å². The highest BCUT2D eigenvalue weighted by Crippen LogP contribution is 2.20. The van der Waals surface area contributed by atoms with Crippen molar-refractivity contribution in [2.45, 2.75) is 52.5 Å². The number of rotatable bonds is 7. The van der Waals surface area contributed by atoms with Gasteiger partial charge in [0.1, 0.15) is 12.4 Å². The maximum atomic E-state index is 11.6. The molecule has 2 heterocycles. The van der Waals surface area contributed by atoms with Crippen molar-refractivity contribution >= 4 is 35.8 Å². The van der Waals surface area contributed by atoms with Gasteiger partial charge >= 0.3 is 0 Å². The number of aryl methyl sites for hydroxylation is 1. The van der Waals surface area contributed by atoms with E-state index in [-0.39, 0.29) is 29.9 Å². The molecule has 0 atom stereocenters. The van der Waals surface area contributed by atoms with E-state index >= 15 is 0 Å². The Kier molecular flexibility index (Phi) is 10.6. The highest BCUT2D eigenvalue weighted by atomic mass is 127. The summed E-state index contributed by atoms with van der Waals surface area (Å²) in [6.07, 6.45) is 4.93. The fraction of sp³-hybridized carbons (Fsp3) is 0.778. The molecule has 154 valence electrons. The number of hydrogen-bond donors (Lipinski definition) is 2. The molecule has 1 aliphatic rings. The average Bonchev–Trinajstić information content (AvgIpc) is 2.97. The van der Waals surface area contributed by atoms with Crippen molar-refractivity contribution in [1.29, 1.82) is 0 Å². The summed E-state index contributed by atoms with van der Waals surface area (Å²) in [4.78, 5) is 18.7. The van der Waals surface area contributed by atoms with Crippen molar-refractivity contribution in [3.63, 3.8) is 0 Å². The largest absolute Gasteiger partial charge is 0.359 e. The van der Waals surface area contributed by atoms with Crippen molar-refractivity contribution in [3.8, 4) is 0 Å². The molecule has 9 heteroatoms. The number of nitrogens with one attached hydrogen (secondary N) is 2. The summed E-state index contributed by atoms with van der Waals surface area (Å²) in [5, 5.41) is 14.5. The molecule has 8 nitrogen and oxygen atoms in total. The minimum Gasteiger partial charge on any atom is -0.359 e. The molecule has 0 aromatic carbocycles. The van der Waals surface area contributed by atoms with Gasteiger partial charge in [0.25, 0.3) is 0 Å². The van der Waals surface area contributed by atoms with E-state index in [2.05, 4.69) is 32.7 Å². The summed E-state index contributed by atoms with van der Waals surface area (Å²) in [6.45, 7) is 7.42. The highest BCUT2D eigenvalue weighted by molar-refractivity contribution is 14.0. The summed E-state index contributed by atoms with van der Waals surface area (Å²) < 4.78 is 1.97. The van der Waals surface area contributed by atoms with E-state index in [0.717, 1.165) is 62.9 Å². The van der Waals surface area contributed by atoms with E-state index in [1.807, 2.05) is 18.5 Å². The van der Waals surface area contributed by atoms with Crippen LogP contribution in [-0.4, -0.2) is 58.2 Å². The van der Waals surface area contributed by atoms with E-state index in [1.165, 1.54) is 0 Å². The SMILES string of the molecule is CCCCNC(=NCc1nnc(C)n1C)N1CCC(CC(=O)NC)CC1.I. The maximum absolute atomic E-state index is 11.6.